The lowest BCUT2D eigenvalue weighted by atomic mass is 9.77. The third kappa shape index (κ3) is 4.52. The minimum absolute atomic E-state index is 0.0181. The van der Waals surface area contributed by atoms with Crippen LogP contribution in [0, 0.1) is 5.92 Å². The highest BCUT2D eigenvalue weighted by molar-refractivity contribution is 6.30. The van der Waals surface area contributed by atoms with Crippen molar-refractivity contribution in [1.29, 1.82) is 0 Å². The topological polar surface area (TPSA) is 54.9 Å². The Bertz CT molecular complexity index is 637. The van der Waals surface area contributed by atoms with Crippen LogP contribution in [0.15, 0.2) is 42.7 Å². The number of aromatic nitrogens is 2. The second kappa shape index (κ2) is 7.55. The van der Waals surface area contributed by atoms with Gasteiger partial charge in [-0.1, -0.05) is 41.9 Å². The van der Waals surface area contributed by atoms with Gasteiger partial charge in [0.25, 0.3) is 0 Å². The van der Waals surface area contributed by atoms with E-state index >= 15 is 0 Å². The zero-order chi connectivity index (χ0) is 16.1. The van der Waals surface area contributed by atoms with Crippen LogP contribution in [0.3, 0.4) is 0 Å². The number of carbonyl (C=O) groups excluding carboxylic acids is 1. The number of nitrogens with one attached hydrogen (secondary N) is 1. The Morgan fingerprint density at radius 2 is 1.74 bits per heavy atom. The highest BCUT2D eigenvalue weighted by Gasteiger charge is 2.24. The van der Waals surface area contributed by atoms with Gasteiger partial charge in [0.2, 0.25) is 11.9 Å². The Labute approximate surface area is 141 Å². The highest BCUT2D eigenvalue weighted by atomic mass is 35.5. The van der Waals surface area contributed by atoms with Crippen molar-refractivity contribution in [3.63, 3.8) is 0 Å². The number of hydrogen-bond acceptors (Lipinski definition) is 3. The summed E-state index contributed by atoms with van der Waals surface area (Å²) in [5.74, 6) is 1.38. The van der Waals surface area contributed by atoms with Gasteiger partial charge in [-0.3, -0.25) is 10.1 Å². The lowest BCUT2D eigenvalue weighted by Crippen LogP contribution is -2.21. The molecular weight excluding hydrogens is 310 g/mol. The average Bonchev–Trinajstić information content (AvgIpc) is 2.58. The van der Waals surface area contributed by atoms with Crippen molar-refractivity contribution in [2.75, 3.05) is 5.32 Å². The summed E-state index contributed by atoms with van der Waals surface area (Å²) in [6.45, 7) is 0. The minimum atomic E-state index is -0.0181. The summed E-state index contributed by atoms with van der Waals surface area (Å²) in [7, 11) is 0. The zero-order valence-electron chi connectivity index (χ0n) is 12.9. The number of anilines is 1. The van der Waals surface area contributed by atoms with Crippen LogP contribution < -0.4 is 5.32 Å². The number of halogens is 1. The number of benzene rings is 1. The molecular formula is C18H20ClN3O. The first-order chi connectivity index (χ1) is 11.2. The van der Waals surface area contributed by atoms with E-state index < -0.39 is 0 Å². The van der Waals surface area contributed by atoms with Crippen LogP contribution in [-0.2, 0) is 4.79 Å². The van der Waals surface area contributed by atoms with Crippen LogP contribution in [0.5, 0.6) is 0 Å². The summed E-state index contributed by atoms with van der Waals surface area (Å²) < 4.78 is 0. The second-order valence-corrected chi connectivity index (χ2v) is 6.54. The minimum Gasteiger partial charge on any atom is -0.295 e. The molecule has 0 atom stereocenters. The third-order valence-electron chi connectivity index (χ3n) is 4.46. The van der Waals surface area contributed by atoms with Gasteiger partial charge in [-0.2, -0.15) is 0 Å². The molecule has 4 nitrogen and oxygen atoms in total. The summed E-state index contributed by atoms with van der Waals surface area (Å²) in [6.07, 6.45) is 7.99. The molecule has 1 fully saturated rings. The fraction of sp³-hybridized carbons (Fsp3) is 0.389. The van der Waals surface area contributed by atoms with Gasteiger partial charge in [-0.25, -0.2) is 9.97 Å². The number of carbonyl (C=O) groups is 1. The number of rotatable bonds is 4. The van der Waals surface area contributed by atoms with Crippen LogP contribution in [0.25, 0.3) is 0 Å². The summed E-state index contributed by atoms with van der Waals surface area (Å²) in [5.41, 5.74) is 1.42. The van der Waals surface area contributed by atoms with E-state index in [2.05, 4.69) is 45.6 Å². The SMILES string of the molecule is O=C(C[C@H]1CC[C@@H](c2ccccc2)CC1)Nc1ncc(Cl)cn1. The van der Waals surface area contributed by atoms with Crippen LogP contribution in [0.2, 0.25) is 5.02 Å². The van der Waals surface area contributed by atoms with Crippen LogP contribution in [-0.4, -0.2) is 15.9 Å². The molecule has 1 heterocycles. The Morgan fingerprint density at radius 1 is 1.09 bits per heavy atom. The van der Waals surface area contributed by atoms with E-state index in [1.807, 2.05) is 0 Å². The van der Waals surface area contributed by atoms with E-state index in [1.54, 1.807) is 0 Å². The molecule has 0 saturated heterocycles. The molecule has 1 aliphatic carbocycles. The Balaban J connectivity index is 1.47. The molecule has 1 aromatic carbocycles. The van der Waals surface area contributed by atoms with E-state index in [-0.39, 0.29) is 5.91 Å². The Kier molecular flexibility index (Phi) is 5.23. The van der Waals surface area contributed by atoms with Gasteiger partial charge < -0.3 is 0 Å². The Hall–Kier alpha value is -1.94. The predicted molar refractivity (Wildman–Crippen MR) is 91.4 cm³/mol. The summed E-state index contributed by atoms with van der Waals surface area (Å²) in [4.78, 5) is 20.1. The van der Waals surface area contributed by atoms with Gasteiger partial charge in [0, 0.05) is 6.42 Å². The molecule has 0 radical (unpaired) electrons. The molecule has 0 spiro atoms. The molecule has 23 heavy (non-hydrogen) atoms. The summed E-state index contributed by atoms with van der Waals surface area (Å²) >= 11 is 5.73. The van der Waals surface area contributed by atoms with Gasteiger partial charge in [0.15, 0.2) is 0 Å². The lowest BCUT2D eigenvalue weighted by Gasteiger charge is -2.28. The predicted octanol–water partition coefficient (Wildman–Crippen LogP) is 4.43. The molecule has 3 rings (SSSR count). The van der Waals surface area contributed by atoms with Crippen molar-refractivity contribution in [1.82, 2.24) is 9.97 Å². The standard InChI is InChI=1S/C18H20ClN3O/c19-16-11-20-18(21-12-16)22-17(23)10-13-6-8-15(9-7-13)14-4-2-1-3-5-14/h1-5,11-13,15H,6-10H2,(H,20,21,22,23)/t13-,15+. The molecule has 1 N–H and O–H groups in total. The normalized spacial score (nSPS) is 20.9. The van der Waals surface area contributed by atoms with Crippen molar-refractivity contribution < 1.29 is 4.79 Å². The van der Waals surface area contributed by atoms with Crippen molar-refractivity contribution in [2.24, 2.45) is 5.92 Å². The summed E-state index contributed by atoms with van der Waals surface area (Å²) in [6, 6.07) is 10.7. The zero-order valence-corrected chi connectivity index (χ0v) is 13.7. The van der Waals surface area contributed by atoms with Crippen molar-refractivity contribution in [3.05, 3.63) is 53.3 Å². The molecule has 0 bridgehead atoms. The van der Waals surface area contributed by atoms with Gasteiger partial charge in [0.05, 0.1) is 17.4 Å². The van der Waals surface area contributed by atoms with Gasteiger partial charge in [-0.05, 0) is 43.1 Å². The average molecular weight is 330 g/mol. The first-order valence-corrected chi connectivity index (χ1v) is 8.41. The first kappa shape index (κ1) is 15.9. The third-order valence-corrected chi connectivity index (χ3v) is 4.66. The van der Waals surface area contributed by atoms with Crippen LogP contribution in [0.1, 0.15) is 43.6 Å². The van der Waals surface area contributed by atoms with E-state index in [4.69, 9.17) is 11.6 Å². The van der Waals surface area contributed by atoms with Crippen molar-refractivity contribution in [2.45, 2.75) is 38.0 Å². The quantitative estimate of drug-likeness (QED) is 0.902. The number of hydrogen-bond donors (Lipinski definition) is 1. The largest absolute Gasteiger partial charge is 0.295 e. The maximum atomic E-state index is 12.1. The second-order valence-electron chi connectivity index (χ2n) is 6.11. The fourth-order valence-corrected chi connectivity index (χ4v) is 3.34. The maximum absolute atomic E-state index is 12.1. The van der Waals surface area contributed by atoms with E-state index in [1.165, 1.54) is 18.0 Å². The maximum Gasteiger partial charge on any atom is 0.229 e. The van der Waals surface area contributed by atoms with E-state index in [9.17, 15) is 4.79 Å². The van der Waals surface area contributed by atoms with Crippen molar-refractivity contribution in [3.8, 4) is 0 Å². The number of nitrogens with zero attached hydrogens (tertiary/aromatic N) is 2. The highest BCUT2D eigenvalue weighted by Crippen LogP contribution is 2.36. The monoisotopic (exact) mass is 329 g/mol. The molecule has 1 aliphatic rings. The molecule has 120 valence electrons. The lowest BCUT2D eigenvalue weighted by molar-refractivity contribution is -0.117. The Morgan fingerprint density at radius 3 is 2.39 bits per heavy atom. The smallest absolute Gasteiger partial charge is 0.229 e. The van der Waals surface area contributed by atoms with Crippen LogP contribution >= 0.6 is 11.6 Å². The summed E-state index contributed by atoms with van der Waals surface area (Å²) in [5, 5.41) is 3.20. The molecule has 2 aromatic rings. The first-order valence-electron chi connectivity index (χ1n) is 8.03. The molecule has 5 heteroatoms. The van der Waals surface area contributed by atoms with Gasteiger partial charge >= 0.3 is 0 Å². The van der Waals surface area contributed by atoms with Crippen molar-refractivity contribution >= 4 is 23.5 Å². The fourth-order valence-electron chi connectivity index (χ4n) is 3.24. The van der Waals surface area contributed by atoms with Gasteiger partial charge in [-0.15, -0.1) is 0 Å². The van der Waals surface area contributed by atoms with Crippen LogP contribution in [0.4, 0.5) is 5.95 Å². The molecule has 0 unspecified atom stereocenters. The molecule has 1 amide bonds. The molecule has 0 aliphatic heterocycles. The van der Waals surface area contributed by atoms with E-state index in [0.717, 1.165) is 25.7 Å². The van der Waals surface area contributed by atoms with Gasteiger partial charge in [0.1, 0.15) is 0 Å². The molecule has 1 aromatic heterocycles. The molecule has 1 saturated carbocycles. The number of amides is 1. The van der Waals surface area contributed by atoms with E-state index in [0.29, 0.717) is 29.2 Å².